The molecule has 2 atom stereocenters. The van der Waals surface area contributed by atoms with Crippen LogP contribution in [0.1, 0.15) is 19.8 Å². The van der Waals surface area contributed by atoms with E-state index in [1.807, 2.05) is 6.92 Å². The van der Waals surface area contributed by atoms with Gasteiger partial charge in [0.1, 0.15) is 11.5 Å². The molecule has 0 bridgehead atoms. The third-order valence-corrected chi connectivity index (χ3v) is 4.98. The standard InChI is InChI=1S/C22H23N3O5/c1-2-11-23-21(27)19-13-25(15-8-4-6-10-17(15)30-19)20(26)12-18-22(28)24-14-7-3-5-9-16(14)29-18/h3-10,18-19H,2,11-13H2,1H3,(H,23,27)(H,24,28)/t18-,19+/m0/s1. The Bertz CT molecular complexity index is 977. The molecule has 2 N–H and O–H groups in total. The van der Waals surface area contributed by atoms with E-state index < -0.39 is 12.2 Å². The normalized spacial score (nSPS) is 19.5. The Hall–Kier alpha value is -3.55. The lowest BCUT2D eigenvalue weighted by Crippen LogP contribution is -2.52. The van der Waals surface area contributed by atoms with Crippen molar-refractivity contribution in [3.63, 3.8) is 0 Å². The second kappa shape index (κ2) is 8.44. The number of ether oxygens (including phenoxy) is 2. The Balaban J connectivity index is 1.52. The highest BCUT2D eigenvalue weighted by Crippen LogP contribution is 2.35. The molecule has 0 aromatic heterocycles. The van der Waals surface area contributed by atoms with Gasteiger partial charge in [-0.15, -0.1) is 0 Å². The lowest BCUT2D eigenvalue weighted by Gasteiger charge is -2.35. The maximum absolute atomic E-state index is 13.1. The van der Waals surface area contributed by atoms with E-state index in [2.05, 4.69) is 10.6 Å². The third kappa shape index (κ3) is 3.94. The van der Waals surface area contributed by atoms with Gasteiger partial charge in [-0.25, -0.2) is 0 Å². The van der Waals surface area contributed by atoms with Crippen molar-refractivity contribution in [3.05, 3.63) is 48.5 Å². The predicted molar refractivity (Wildman–Crippen MR) is 111 cm³/mol. The lowest BCUT2D eigenvalue weighted by molar-refractivity contribution is -0.131. The molecule has 2 aliphatic heterocycles. The number of anilines is 2. The molecule has 3 amide bonds. The van der Waals surface area contributed by atoms with Crippen LogP contribution in [0.25, 0.3) is 0 Å². The number of nitrogens with one attached hydrogen (secondary N) is 2. The van der Waals surface area contributed by atoms with Crippen molar-refractivity contribution in [3.8, 4) is 11.5 Å². The Kier molecular flexibility index (Phi) is 5.56. The van der Waals surface area contributed by atoms with E-state index in [1.165, 1.54) is 4.90 Å². The van der Waals surface area contributed by atoms with Crippen molar-refractivity contribution in [1.29, 1.82) is 0 Å². The number of nitrogens with zero attached hydrogens (tertiary/aromatic N) is 1. The molecule has 0 unspecified atom stereocenters. The van der Waals surface area contributed by atoms with Crippen LogP contribution in [-0.4, -0.2) is 43.0 Å². The van der Waals surface area contributed by atoms with Crippen molar-refractivity contribution < 1.29 is 23.9 Å². The van der Waals surface area contributed by atoms with Crippen LogP contribution in [0, 0.1) is 0 Å². The summed E-state index contributed by atoms with van der Waals surface area (Å²) in [6, 6.07) is 14.1. The van der Waals surface area contributed by atoms with Crippen molar-refractivity contribution in [2.24, 2.45) is 0 Å². The van der Waals surface area contributed by atoms with Gasteiger partial charge in [-0.3, -0.25) is 14.4 Å². The van der Waals surface area contributed by atoms with E-state index in [-0.39, 0.29) is 30.7 Å². The first kappa shape index (κ1) is 19.8. The van der Waals surface area contributed by atoms with E-state index in [0.717, 1.165) is 6.42 Å². The smallest absolute Gasteiger partial charge is 0.266 e. The molecular weight excluding hydrogens is 386 g/mol. The largest absolute Gasteiger partial charge is 0.478 e. The minimum Gasteiger partial charge on any atom is -0.478 e. The zero-order chi connectivity index (χ0) is 21.1. The quantitative estimate of drug-likeness (QED) is 0.788. The molecule has 2 aromatic rings. The lowest BCUT2D eigenvalue weighted by atomic mass is 10.1. The monoisotopic (exact) mass is 409 g/mol. The van der Waals surface area contributed by atoms with Gasteiger partial charge in [-0.1, -0.05) is 31.2 Å². The van der Waals surface area contributed by atoms with E-state index in [1.54, 1.807) is 48.5 Å². The second-order valence-corrected chi connectivity index (χ2v) is 7.17. The van der Waals surface area contributed by atoms with E-state index >= 15 is 0 Å². The molecule has 30 heavy (non-hydrogen) atoms. The molecule has 2 heterocycles. The summed E-state index contributed by atoms with van der Waals surface area (Å²) in [7, 11) is 0. The molecule has 0 fully saturated rings. The third-order valence-electron chi connectivity index (χ3n) is 4.98. The number of carbonyl (C=O) groups excluding carboxylic acids is 3. The van der Waals surface area contributed by atoms with Gasteiger partial charge in [-0.2, -0.15) is 0 Å². The van der Waals surface area contributed by atoms with Gasteiger partial charge in [0.2, 0.25) is 5.91 Å². The van der Waals surface area contributed by atoms with Gasteiger partial charge in [0.25, 0.3) is 11.8 Å². The van der Waals surface area contributed by atoms with Crippen molar-refractivity contribution in [2.75, 3.05) is 23.3 Å². The summed E-state index contributed by atoms with van der Waals surface area (Å²) in [5.41, 5.74) is 1.15. The van der Waals surface area contributed by atoms with Crippen LogP contribution in [0.4, 0.5) is 11.4 Å². The fraction of sp³-hybridized carbons (Fsp3) is 0.318. The van der Waals surface area contributed by atoms with Gasteiger partial charge < -0.3 is 25.0 Å². The van der Waals surface area contributed by atoms with Crippen LogP contribution < -0.4 is 25.0 Å². The van der Waals surface area contributed by atoms with E-state index in [4.69, 9.17) is 9.47 Å². The number of para-hydroxylation sites is 4. The molecule has 0 spiro atoms. The van der Waals surface area contributed by atoms with Crippen LogP contribution in [-0.2, 0) is 14.4 Å². The van der Waals surface area contributed by atoms with Gasteiger partial charge >= 0.3 is 0 Å². The summed E-state index contributed by atoms with van der Waals surface area (Å²) < 4.78 is 11.6. The van der Waals surface area contributed by atoms with Crippen molar-refractivity contribution in [1.82, 2.24) is 5.32 Å². The number of amides is 3. The van der Waals surface area contributed by atoms with Crippen LogP contribution >= 0.6 is 0 Å². The average molecular weight is 409 g/mol. The first-order valence-electron chi connectivity index (χ1n) is 9.97. The zero-order valence-electron chi connectivity index (χ0n) is 16.6. The summed E-state index contributed by atoms with van der Waals surface area (Å²) in [4.78, 5) is 39.5. The fourth-order valence-electron chi connectivity index (χ4n) is 3.46. The highest BCUT2D eigenvalue weighted by Gasteiger charge is 2.37. The topological polar surface area (TPSA) is 97.0 Å². The van der Waals surface area contributed by atoms with Crippen LogP contribution in [0.3, 0.4) is 0 Å². The number of hydrogen-bond acceptors (Lipinski definition) is 5. The molecule has 2 aliphatic rings. The van der Waals surface area contributed by atoms with Gasteiger partial charge in [0, 0.05) is 6.54 Å². The molecule has 0 aliphatic carbocycles. The Labute approximate surface area is 174 Å². The number of fused-ring (bicyclic) bond motifs is 2. The maximum Gasteiger partial charge on any atom is 0.266 e. The highest BCUT2D eigenvalue weighted by atomic mass is 16.5. The molecule has 156 valence electrons. The van der Waals surface area contributed by atoms with Crippen LogP contribution in [0.15, 0.2) is 48.5 Å². The second-order valence-electron chi connectivity index (χ2n) is 7.17. The zero-order valence-corrected chi connectivity index (χ0v) is 16.6. The minimum atomic E-state index is -0.949. The summed E-state index contributed by atoms with van der Waals surface area (Å²) in [6.07, 6.45) is -1.13. The van der Waals surface area contributed by atoms with E-state index in [9.17, 15) is 14.4 Å². The number of rotatable bonds is 5. The Morgan fingerprint density at radius 1 is 1.10 bits per heavy atom. The number of benzene rings is 2. The van der Waals surface area contributed by atoms with Crippen LogP contribution in [0.5, 0.6) is 11.5 Å². The van der Waals surface area contributed by atoms with Gasteiger partial charge in [0.05, 0.1) is 24.3 Å². The summed E-state index contributed by atoms with van der Waals surface area (Å²) in [5, 5.41) is 5.57. The van der Waals surface area contributed by atoms with Crippen molar-refractivity contribution >= 4 is 29.1 Å². The summed E-state index contributed by atoms with van der Waals surface area (Å²) >= 11 is 0. The minimum absolute atomic E-state index is 0.0658. The molecule has 8 heteroatoms. The van der Waals surface area contributed by atoms with Crippen LogP contribution in [0.2, 0.25) is 0 Å². The number of carbonyl (C=O) groups is 3. The number of hydrogen-bond donors (Lipinski definition) is 2. The summed E-state index contributed by atoms with van der Waals surface area (Å²) in [6.45, 7) is 2.56. The summed E-state index contributed by atoms with van der Waals surface area (Å²) in [5.74, 6) is 0.00588. The SMILES string of the molecule is CCCNC(=O)[C@H]1CN(C(=O)C[C@@H]2Oc3ccccc3NC2=O)c2ccccc2O1. The first-order valence-corrected chi connectivity index (χ1v) is 9.97. The average Bonchev–Trinajstić information content (AvgIpc) is 2.77. The van der Waals surface area contributed by atoms with Gasteiger partial charge in [-0.05, 0) is 30.7 Å². The molecule has 0 saturated carbocycles. The van der Waals surface area contributed by atoms with Gasteiger partial charge in [0.15, 0.2) is 12.2 Å². The molecule has 4 rings (SSSR count). The molecular formula is C22H23N3O5. The predicted octanol–water partition coefficient (Wildman–Crippen LogP) is 2.10. The molecule has 0 radical (unpaired) electrons. The maximum atomic E-state index is 13.1. The molecule has 0 saturated heterocycles. The Morgan fingerprint density at radius 3 is 2.63 bits per heavy atom. The Morgan fingerprint density at radius 2 is 1.83 bits per heavy atom. The van der Waals surface area contributed by atoms with Crippen molar-refractivity contribution in [2.45, 2.75) is 32.0 Å². The fourth-order valence-corrected chi connectivity index (χ4v) is 3.46. The highest BCUT2D eigenvalue weighted by molar-refractivity contribution is 6.03. The van der Waals surface area contributed by atoms with E-state index in [0.29, 0.717) is 29.4 Å². The molecule has 8 nitrogen and oxygen atoms in total. The molecule has 2 aromatic carbocycles. The first-order chi connectivity index (χ1) is 14.6.